The third-order valence-corrected chi connectivity index (χ3v) is 6.59. The number of hydrogen-bond donors (Lipinski definition) is 2. The van der Waals surface area contributed by atoms with Crippen LogP contribution in [0.5, 0.6) is 0 Å². The van der Waals surface area contributed by atoms with E-state index in [0.29, 0.717) is 18.5 Å². The van der Waals surface area contributed by atoms with Crippen LogP contribution in [0.2, 0.25) is 0 Å². The number of carbonyl (C=O) groups is 3. The number of benzene rings is 1. The maximum Gasteiger partial charge on any atom is 0.325 e. The Hall–Kier alpha value is -3.20. The standard InChI is InChI=1S/C21H21N5O3S/c27-17(7-10-26-18(28)21(24-19(26)29)8-1-2-9-21)22-15-5-3-14(4-6-15)16-13-25-11-12-30-20(25)23-16/h3-6,11-13H,1-2,7-10H2,(H,22,27)(H,24,29). The molecule has 0 bridgehead atoms. The van der Waals surface area contributed by atoms with Crippen molar-refractivity contribution in [1.82, 2.24) is 19.6 Å². The van der Waals surface area contributed by atoms with Gasteiger partial charge in [0.15, 0.2) is 4.96 Å². The zero-order valence-electron chi connectivity index (χ0n) is 16.3. The molecule has 154 valence electrons. The smallest absolute Gasteiger partial charge is 0.325 e. The first-order valence-electron chi connectivity index (χ1n) is 10.0. The molecule has 0 radical (unpaired) electrons. The number of aromatic nitrogens is 2. The van der Waals surface area contributed by atoms with E-state index in [1.165, 1.54) is 4.90 Å². The van der Waals surface area contributed by atoms with Crippen LogP contribution in [0.4, 0.5) is 10.5 Å². The number of nitrogens with one attached hydrogen (secondary N) is 2. The number of imide groups is 1. The molecule has 3 aromatic rings. The Labute approximate surface area is 176 Å². The van der Waals surface area contributed by atoms with E-state index in [1.54, 1.807) is 11.3 Å². The molecule has 1 spiro atoms. The highest BCUT2D eigenvalue weighted by Gasteiger charge is 2.52. The number of imidazole rings is 1. The van der Waals surface area contributed by atoms with Gasteiger partial charge in [0.2, 0.25) is 5.91 Å². The Morgan fingerprint density at radius 3 is 2.70 bits per heavy atom. The molecular weight excluding hydrogens is 402 g/mol. The zero-order valence-corrected chi connectivity index (χ0v) is 17.1. The molecule has 1 aliphatic heterocycles. The molecule has 1 saturated heterocycles. The number of nitrogens with zero attached hydrogens (tertiary/aromatic N) is 3. The van der Waals surface area contributed by atoms with Gasteiger partial charge >= 0.3 is 6.03 Å². The molecule has 1 saturated carbocycles. The lowest BCUT2D eigenvalue weighted by Crippen LogP contribution is -2.44. The minimum Gasteiger partial charge on any atom is -0.326 e. The second-order valence-corrected chi connectivity index (χ2v) is 8.64. The summed E-state index contributed by atoms with van der Waals surface area (Å²) in [6.07, 6.45) is 7.23. The first-order chi connectivity index (χ1) is 14.5. The van der Waals surface area contributed by atoms with Crippen LogP contribution >= 0.6 is 11.3 Å². The molecule has 5 rings (SSSR count). The Morgan fingerprint density at radius 1 is 1.20 bits per heavy atom. The van der Waals surface area contributed by atoms with Gasteiger partial charge in [-0.15, -0.1) is 11.3 Å². The monoisotopic (exact) mass is 423 g/mol. The Morgan fingerprint density at radius 2 is 1.97 bits per heavy atom. The lowest BCUT2D eigenvalue weighted by Gasteiger charge is -2.19. The van der Waals surface area contributed by atoms with E-state index in [4.69, 9.17) is 0 Å². The van der Waals surface area contributed by atoms with Crippen LogP contribution in [-0.4, -0.2) is 44.2 Å². The SMILES string of the molecule is O=C(CCN1C(=O)NC2(CCCC2)C1=O)Nc1ccc(-c2cn3ccsc3n2)cc1. The highest BCUT2D eigenvalue weighted by atomic mass is 32.1. The average molecular weight is 423 g/mol. The summed E-state index contributed by atoms with van der Waals surface area (Å²) < 4.78 is 1.97. The van der Waals surface area contributed by atoms with Crippen molar-refractivity contribution in [3.05, 3.63) is 42.0 Å². The van der Waals surface area contributed by atoms with Gasteiger partial charge in [-0.3, -0.25) is 18.9 Å². The summed E-state index contributed by atoms with van der Waals surface area (Å²) in [6.45, 7) is 0.0850. The van der Waals surface area contributed by atoms with Gasteiger partial charge in [-0.2, -0.15) is 0 Å². The third-order valence-electron chi connectivity index (χ3n) is 5.82. The largest absolute Gasteiger partial charge is 0.326 e. The summed E-state index contributed by atoms with van der Waals surface area (Å²) in [5, 5.41) is 7.64. The van der Waals surface area contributed by atoms with E-state index in [9.17, 15) is 14.4 Å². The van der Waals surface area contributed by atoms with E-state index in [2.05, 4.69) is 15.6 Å². The minimum absolute atomic E-state index is 0.0638. The fourth-order valence-corrected chi connectivity index (χ4v) is 4.92. The fraction of sp³-hybridized carbons (Fsp3) is 0.333. The maximum atomic E-state index is 12.6. The topological polar surface area (TPSA) is 95.8 Å². The van der Waals surface area contributed by atoms with Crippen LogP contribution in [0.3, 0.4) is 0 Å². The zero-order chi connectivity index (χ0) is 20.7. The van der Waals surface area contributed by atoms with Crippen molar-refractivity contribution < 1.29 is 14.4 Å². The summed E-state index contributed by atoms with van der Waals surface area (Å²) in [4.78, 5) is 43.8. The third kappa shape index (κ3) is 3.24. The lowest BCUT2D eigenvalue weighted by molar-refractivity contribution is -0.131. The van der Waals surface area contributed by atoms with Gasteiger partial charge in [0.1, 0.15) is 5.54 Å². The summed E-state index contributed by atoms with van der Waals surface area (Å²) in [5.41, 5.74) is 1.77. The van der Waals surface area contributed by atoms with Crippen LogP contribution in [-0.2, 0) is 9.59 Å². The van der Waals surface area contributed by atoms with Crippen molar-refractivity contribution in [2.45, 2.75) is 37.6 Å². The Bertz CT molecular complexity index is 1100. The van der Waals surface area contributed by atoms with Crippen LogP contribution in [0.1, 0.15) is 32.1 Å². The summed E-state index contributed by atoms with van der Waals surface area (Å²) >= 11 is 1.58. The van der Waals surface area contributed by atoms with E-state index in [0.717, 1.165) is 29.1 Å². The van der Waals surface area contributed by atoms with Gasteiger partial charge in [0.25, 0.3) is 5.91 Å². The van der Waals surface area contributed by atoms with Crippen molar-refractivity contribution >= 4 is 39.8 Å². The van der Waals surface area contributed by atoms with Crippen molar-refractivity contribution in [2.24, 2.45) is 0 Å². The maximum absolute atomic E-state index is 12.6. The normalized spacial score (nSPS) is 17.8. The molecule has 2 aliphatic rings. The second-order valence-electron chi connectivity index (χ2n) is 7.77. The van der Waals surface area contributed by atoms with E-state index in [-0.39, 0.29) is 30.8 Å². The molecule has 1 aliphatic carbocycles. The fourth-order valence-electron chi connectivity index (χ4n) is 4.22. The van der Waals surface area contributed by atoms with E-state index < -0.39 is 5.54 Å². The molecule has 3 heterocycles. The van der Waals surface area contributed by atoms with Crippen LogP contribution in [0.15, 0.2) is 42.0 Å². The number of fused-ring (bicyclic) bond motifs is 1. The van der Waals surface area contributed by atoms with Gasteiger partial charge in [0.05, 0.1) is 5.69 Å². The summed E-state index contributed by atoms with van der Waals surface area (Å²) in [7, 11) is 0. The number of amides is 4. The Balaban J connectivity index is 1.18. The number of hydrogen-bond acceptors (Lipinski definition) is 5. The van der Waals surface area contributed by atoms with Crippen LogP contribution < -0.4 is 10.6 Å². The first kappa shape index (κ1) is 18.8. The number of carbonyl (C=O) groups excluding carboxylic acids is 3. The number of thiazole rings is 1. The summed E-state index contributed by atoms with van der Waals surface area (Å²) in [5.74, 6) is -0.430. The molecule has 2 aromatic heterocycles. The van der Waals surface area contributed by atoms with Crippen LogP contribution in [0.25, 0.3) is 16.2 Å². The summed E-state index contributed by atoms with van der Waals surface area (Å²) in [6, 6.07) is 7.07. The predicted molar refractivity (Wildman–Crippen MR) is 113 cm³/mol. The molecule has 9 heteroatoms. The first-order valence-corrected chi connectivity index (χ1v) is 10.9. The molecule has 4 amide bonds. The van der Waals surface area contributed by atoms with Gasteiger partial charge in [0, 0.05) is 42.0 Å². The highest BCUT2D eigenvalue weighted by molar-refractivity contribution is 7.15. The van der Waals surface area contributed by atoms with Gasteiger partial charge in [-0.05, 0) is 25.0 Å². The molecule has 0 unspecified atom stereocenters. The second kappa shape index (κ2) is 7.24. The molecule has 0 atom stereocenters. The van der Waals surface area contributed by atoms with Crippen molar-refractivity contribution in [3.63, 3.8) is 0 Å². The van der Waals surface area contributed by atoms with Crippen molar-refractivity contribution in [1.29, 1.82) is 0 Å². The lowest BCUT2D eigenvalue weighted by atomic mass is 9.98. The van der Waals surface area contributed by atoms with Crippen LogP contribution in [0, 0.1) is 0 Å². The van der Waals surface area contributed by atoms with Crippen molar-refractivity contribution in [3.8, 4) is 11.3 Å². The van der Waals surface area contributed by atoms with E-state index in [1.807, 2.05) is 46.4 Å². The quantitative estimate of drug-likeness (QED) is 0.616. The van der Waals surface area contributed by atoms with Gasteiger partial charge < -0.3 is 10.6 Å². The van der Waals surface area contributed by atoms with Gasteiger partial charge in [-0.25, -0.2) is 9.78 Å². The molecule has 2 fully saturated rings. The van der Waals surface area contributed by atoms with Gasteiger partial charge in [-0.1, -0.05) is 25.0 Å². The number of rotatable bonds is 5. The molecule has 8 nitrogen and oxygen atoms in total. The number of anilines is 1. The number of urea groups is 1. The average Bonchev–Trinajstić information content (AvgIpc) is 3.48. The predicted octanol–water partition coefficient (Wildman–Crippen LogP) is 3.26. The Kier molecular flexibility index (Phi) is 4.54. The van der Waals surface area contributed by atoms with Crippen molar-refractivity contribution in [2.75, 3.05) is 11.9 Å². The molecule has 1 aromatic carbocycles. The molecule has 2 N–H and O–H groups in total. The molecule has 30 heavy (non-hydrogen) atoms. The highest BCUT2D eigenvalue weighted by Crippen LogP contribution is 2.35. The molecular formula is C21H21N5O3S. The van der Waals surface area contributed by atoms with E-state index >= 15 is 0 Å². The minimum atomic E-state index is -0.731.